The van der Waals surface area contributed by atoms with Gasteiger partial charge in [-0.15, -0.1) is 6.58 Å². The van der Waals surface area contributed by atoms with Crippen molar-refractivity contribution >= 4 is 11.6 Å². The molecule has 0 aliphatic rings. The van der Waals surface area contributed by atoms with Crippen LogP contribution in [-0.4, -0.2) is 13.0 Å². The van der Waals surface area contributed by atoms with Gasteiger partial charge in [0.15, 0.2) is 0 Å². The second kappa shape index (κ2) is 4.61. The smallest absolute Gasteiger partial charge is 0.223 e. The summed E-state index contributed by atoms with van der Waals surface area (Å²) in [6.45, 7) is 5.26. The summed E-state index contributed by atoms with van der Waals surface area (Å²) in [7, 11) is 1.78. The average molecular weight is 189 g/mol. The van der Waals surface area contributed by atoms with Gasteiger partial charge in [0, 0.05) is 19.7 Å². The van der Waals surface area contributed by atoms with Gasteiger partial charge in [-0.2, -0.15) is 0 Å². The lowest BCUT2D eigenvalue weighted by Crippen LogP contribution is -2.23. The first-order valence-electron chi connectivity index (χ1n) is 4.60. The Hall–Kier alpha value is -1.57. The molecular formula is C12H15NO. The maximum Gasteiger partial charge on any atom is 0.223 e. The summed E-state index contributed by atoms with van der Waals surface area (Å²) in [6.07, 6.45) is 2.63. The summed E-state index contributed by atoms with van der Waals surface area (Å²) in [5.41, 5.74) is 2.08. The zero-order valence-electron chi connectivity index (χ0n) is 8.66. The number of anilines is 1. The predicted octanol–water partition coefficient (Wildman–Crippen LogP) is 2.40. The molecule has 0 spiro atoms. The second-order valence-electron chi connectivity index (χ2n) is 3.20. The molecule has 0 aromatic heterocycles. The maximum absolute atomic E-state index is 11.2. The van der Waals surface area contributed by atoms with E-state index in [-0.39, 0.29) is 5.91 Å². The van der Waals surface area contributed by atoms with Crippen molar-refractivity contribution in [2.45, 2.75) is 13.3 Å². The molecule has 0 saturated heterocycles. The highest BCUT2D eigenvalue weighted by Gasteiger charge is 2.08. The molecular weight excluding hydrogens is 174 g/mol. The number of para-hydroxylation sites is 1. The molecule has 2 nitrogen and oxygen atoms in total. The van der Waals surface area contributed by atoms with Crippen LogP contribution in [0.1, 0.15) is 12.5 Å². The van der Waals surface area contributed by atoms with E-state index in [0.29, 0.717) is 0 Å². The van der Waals surface area contributed by atoms with Gasteiger partial charge in [0.25, 0.3) is 0 Å². The SMILES string of the molecule is C=CCc1ccccc1N(C)C(C)=O. The van der Waals surface area contributed by atoms with Crippen LogP contribution in [0.4, 0.5) is 5.69 Å². The summed E-state index contributed by atoms with van der Waals surface area (Å²) < 4.78 is 0. The highest BCUT2D eigenvalue weighted by Crippen LogP contribution is 2.19. The molecule has 0 radical (unpaired) electrons. The van der Waals surface area contributed by atoms with Gasteiger partial charge in [-0.3, -0.25) is 4.79 Å². The standard InChI is InChI=1S/C12H15NO/c1-4-7-11-8-5-6-9-12(11)13(3)10(2)14/h4-6,8-9H,1,7H2,2-3H3. The topological polar surface area (TPSA) is 20.3 Å². The highest BCUT2D eigenvalue weighted by atomic mass is 16.2. The number of nitrogens with zero attached hydrogens (tertiary/aromatic N) is 1. The van der Waals surface area contributed by atoms with Gasteiger partial charge in [0.05, 0.1) is 0 Å². The largest absolute Gasteiger partial charge is 0.315 e. The summed E-state index contributed by atoms with van der Waals surface area (Å²) >= 11 is 0. The fourth-order valence-corrected chi connectivity index (χ4v) is 1.34. The molecule has 0 fully saturated rings. The van der Waals surface area contributed by atoms with Crippen molar-refractivity contribution in [2.75, 3.05) is 11.9 Å². The summed E-state index contributed by atoms with van der Waals surface area (Å²) in [5, 5.41) is 0. The van der Waals surface area contributed by atoms with Crippen LogP contribution in [0.5, 0.6) is 0 Å². The van der Waals surface area contributed by atoms with Crippen LogP contribution < -0.4 is 4.90 Å². The first-order chi connectivity index (χ1) is 6.66. The molecule has 0 aliphatic heterocycles. The van der Waals surface area contributed by atoms with Crippen LogP contribution in [0.15, 0.2) is 36.9 Å². The third kappa shape index (κ3) is 2.22. The zero-order chi connectivity index (χ0) is 10.6. The minimum Gasteiger partial charge on any atom is -0.315 e. The molecule has 1 aromatic rings. The van der Waals surface area contributed by atoms with E-state index in [1.54, 1.807) is 18.9 Å². The lowest BCUT2D eigenvalue weighted by molar-refractivity contribution is -0.116. The molecule has 1 amide bonds. The molecule has 0 unspecified atom stereocenters. The van der Waals surface area contributed by atoms with Crippen molar-refractivity contribution in [3.8, 4) is 0 Å². The molecule has 0 N–H and O–H groups in total. The van der Waals surface area contributed by atoms with Crippen LogP contribution in [0.2, 0.25) is 0 Å². The van der Waals surface area contributed by atoms with Crippen LogP contribution in [-0.2, 0) is 11.2 Å². The Labute approximate surface area is 84.9 Å². The molecule has 74 valence electrons. The van der Waals surface area contributed by atoms with Gasteiger partial charge >= 0.3 is 0 Å². The third-order valence-corrected chi connectivity index (χ3v) is 2.19. The van der Waals surface area contributed by atoms with Crippen LogP contribution in [0.25, 0.3) is 0 Å². The molecule has 1 aromatic carbocycles. The van der Waals surface area contributed by atoms with Crippen molar-refractivity contribution in [2.24, 2.45) is 0 Å². The molecule has 0 heterocycles. The zero-order valence-corrected chi connectivity index (χ0v) is 8.66. The van der Waals surface area contributed by atoms with E-state index < -0.39 is 0 Å². The normalized spacial score (nSPS) is 9.57. The van der Waals surface area contributed by atoms with E-state index in [1.807, 2.05) is 30.3 Å². The second-order valence-corrected chi connectivity index (χ2v) is 3.20. The maximum atomic E-state index is 11.2. The van der Waals surface area contributed by atoms with E-state index in [9.17, 15) is 4.79 Å². The number of hydrogen-bond donors (Lipinski definition) is 0. The highest BCUT2D eigenvalue weighted by molar-refractivity contribution is 5.91. The quantitative estimate of drug-likeness (QED) is 0.668. The van der Waals surface area contributed by atoms with Gasteiger partial charge in [-0.05, 0) is 18.1 Å². The van der Waals surface area contributed by atoms with Crippen molar-refractivity contribution in [1.29, 1.82) is 0 Å². The van der Waals surface area contributed by atoms with Gasteiger partial charge < -0.3 is 4.90 Å². The van der Waals surface area contributed by atoms with Crippen molar-refractivity contribution in [3.63, 3.8) is 0 Å². The molecule has 2 heteroatoms. The fourth-order valence-electron chi connectivity index (χ4n) is 1.34. The summed E-state index contributed by atoms with van der Waals surface area (Å²) in [5.74, 6) is 0.0431. The molecule has 0 aliphatic carbocycles. The molecule has 1 rings (SSSR count). The van der Waals surface area contributed by atoms with E-state index in [4.69, 9.17) is 0 Å². The Balaban J connectivity index is 3.05. The van der Waals surface area contributed by atoms with Gasteiger partial charge in [0.2, 0.25) is 5.91 Å². The number of benzene rings is 1. The van der Waals surface area contributed by atoms with Gasteiger partial charge in [0.1, 0.15) is 0 Å². The summed E-state index contributed by atoms with van der Waals surface area (Å²) in [6, 6.07) is 7.86. The first kappa shape index (κ1) is 10.5. The predicted molar refractivity (Wildman–Crippen MR) is 59.4 cm³/mol. The van der Waals surface area contributed by atoms with E-state index in [1.165, 1.54) is 0 Å². The van der Waals surface area contributed by atoms with E-state index in [2.05, 4.69) is 6.58 Å². The van der Waals surface area contributed by atoms with Crippen LogP contribution >= 0.6 is 0 Å². The van der Waals surface area contributed by atoms with Crippen molar-refractivity contribution < 1.29 is 4.79 Å². The number of amides is 1. The lowest BCUT2D eigenvalue weighted by Gasteiger charge is -2.18. The molecule has 14 heavy (non-hydrogen) atoms. The minimum atomic E-state index is 0.0431. The number of hydrogen-bond acceptors (Lipinski definition) is 1. The Morgan fingerprint density at radius 3 is 2.71 bits per heavy atom. The molecule has 0 bridgehead atoms. The lowest BCUT2D eigenvalue weighted by atomic mass is 10.1. The minimum absolute atomic E-state index is 0.0431. The van der Waals surface area contributed by atoms with Crippen LogP contribution in [0, 0.1) is 0 Å². The van der Waals surface area contributed by atoms with Gasteiger partial charge in [-0.1, -0.05) is 24.3 Å². The third-order valence-electron chi connectivity index (χ3n) is 2.19. The Kier molecular flexibility index (Phi) is 3.46. The molecule has 0 saturated carbocycles. The van der Waals surface area contributed by atoms with Crippen LogP contribution in [0.3, 0.4) is 0 Å². The van der Waals surface area contributed by atoms with Crippen molar-refractivity contribution in [1.82, 2.24) is 0 Å². The number of carbonyl (C=O) groups excluding carboxylic acids is 1. The number of allylic oxidation sites excluding steroid dienone is 1. The Bertz CT molecular complexity index is 344. The summed E-state index contributed by atoms with van der Waals surface area (Å²) in [4.78, 5) is 12.9. The van der Waals surface area contributed by atoms with E-state index >= 15 is 0 Å². The van der Waals surface area contributed by atoms with E-state index in [0.717, 1.165) is 17.7 Å². The Morgan fingerprint density at radius 2 is 2.14 bits per heavy atom. The monoisotopic (exact) mass is 189 g/mol. The number of rotatable bonds is 3. The molecule has 0 atom stereocenters. The first-order valence-corrected chi connectivity index (χ1v) is 4.60. The van der Waals surface area contributed by atoms with Gasteiger partial charge in [-0.25, -0.2) is 0 Å². The van der Waals surface area contributed by atoms with Crippen molar-refractivity contribution in [3.05, 3.63) is 42.5 Å². The number of carbonyl (C=O) groups is 1. The average Bonchev–Trinajstić information content (AvgIpc) is 2.18. The fraction of sp³-hybridized carbons (Fsp3) is 0.250. The Morgan fingerprint density at radius 1 is 1.50 bits per heavy atom.